The first-order valence-electron chi connectivity index (χ1n) is 5.57. The quantitative estimate of drug-likeness (QED) is 0.672. The third-order valence-corrected chi connectivity index (χ3v) is 4.18. The third-order valence-electron chi connectivity index (χ3n) is 2.55. The second kappa shape index (κ2) is 6.74. The van der Waals surface area contributed by atoms with Gasteiger partial charge in [0.15, 0.2) is 0 Å². The van der Waals surface area contributed by atoms with Crippen LogP contribution in [0.4, 0.5) is 0 Å². The van der Waals surface area contributed by atoms with E-state index in [-0.39, 0.29) is 5.56 Å². The highest BCUT2D eigenvalue weighted by atomic mass is 79.9. The number of carboxylic acid groups (broad SMARTS) is 1. The number of halogens is 3. The number of rotatable bonds is 4. The Labute approximate surface area is 141 Å². The van der Waals surface area contributed by atoms with Crippen LogP contribution in [-0.4, -0.2) is 11.1 Å². The van der Waals surface area contributed by atoms with Crippen molar-refractivity contribution in [1.29, 1.82) is 0 Å². The van der Waals surface area contributed by atoms with E-state index < -0.39 is 5.97 Å². The van der Waals surface area contributed by atoms with Gasteiger partial charge in [-0.05, 0) is 61.7 Å². The van der Waals surface area contributed by atoms with Crippen LogP contribution in [0, 0.1) is 0 Å². The summed E-state index contributed by atoms with van der Waals surface area (Å²) in [4.78, 5) is 10.8. The van der Waals surface area contributed by atoms with E-state index >= 15 is 0 Å². The monoisotopic (exact) mass is 462 g/mol. The maximum absolute atomic E-state index is 10.8. The lowest BCUT2D eigenvalue weighted by Gasteiger charge is -2.11. The molecule has 2 rings (SSSR count). The molecule has 3 nitrogen and oxygen atoms in total. The first-order valence-corrected chi connectivity index (χ1v) is 7.95. The highest BCUT2D eigenvalue weighted by Crippen LogP contribution is 2.36. The summed E-state index contributed by atoms with van der Waals surface area (Å²) in [6.45, 7) is 0.360. The average Bonchev–Trinajstić information content (AvgIpc) is 2.38. The van der Waals surface area contributed by atoms with Gasteiger partial charge >= 0.3 is 5.97 Å². The van der Waals surface area contributed by atoms with Gasteiger partial charge in [0.2, 0.25) is 0 Å². The van der Waals surface area contributed by atoms with Gasteiger partial charge < -0.3 is 9.84 Å². The molecule has 0 radical (unpaired) electrons. The highest BCUT2D eigenvalue weighted by molar-refractivity contribution is 9.11. The maximum Gasteiger partial charge on any atom is 0.335 e. The van der Waals surface area contributed by atoms with Crippen molar-refractivity contribution in [3.8, 4) is 5.75 Å². The Balaban J connectivity index is 2.11. The SMILES string of the molecule is O=C(O)c1ccc(COc2c(Br)cc(Br)cc2Br)cc1. The maximum atomic E-state index is 10.8. The molecule has 0 atom stereocenters. The van der Waals surface area contributed by atoms with Crippen LogP contribution in [0.25, 0.3) is 0 Å². The molecule has 2 aromatic rings. The van der Waals surface area contributed by atoms with E-state index in [1.807, 2.05) is 12.1 Å². The van der Waals surface area contributed by atoms with E-state index in [0.29, 0.717) is 12.4 Å². The van der Waals surface area contributed by atoms with E-state index in [1.165, 1.54) is 0 Å². The van der Waals surface area contributed by atoms with Crippen LogP contribution in [0.5, 0.6) is 5.75 Å². The summed E-state index contributed by atoms with van der Waals surface area (Å²) >= 11 is 10.3. The van der Waals surface area contributed by atoms with Gasteiger partial charge in [-0.2, -0.15) is 0 Å². The molecule has 1 N–H and O–H groups in total. The molecule has 0 aromatic heterocycles. The Morgan fingerprint density at radius 2 is 1.60 bits per heavy atom. The normalized spacial score (nSPS) is 10.3. The Kier molecular flexibility index (Phi) is 5.23. The zero-order valence-corrected chi connectivity index (χ0v) is 14.8. The van der Waals surface area contributed by atoms with E-state index in [1.54, 1.807) is 24.3 Å². The minimum absolute atomic E-state index is 0.264. The predicted molar refractivity (Wildman–Crippen MR) is 87.3 cm³/mol. The van der Waals surface area contributed by atoms with Gasteiger partial charge in [0.1, 0.15) is 12.4 Å². The van der Waals surface area contributed by atoms with Crippen molar-refractivity contribution in [1.82, 2.24) is 0 Å². The van der Waals surface area contributed by atoms with Crippen LogP contribution in [0.1, 0.15) is 15.9 Å². The van der Waals surface area contributed by atoms with Gasteiger partial charge in [-0.3, -0.25) is 0 Å². The summed E-state index contributed by atoms with van der Waals surface area (Å²) < 4.78 is 8.35. The van der Waals surface area contributed by atoms with Gasteiger partial charge in [-0.25, -0.2) is 4.79 Å². The number of hydrogen-bond acceptors (Lipinski definition) is 2. The van der Waals surface area contributed by atoms with E-state index in [0.717, 1.165) is 19.0 Å². The number of carboxylic acids is 1. The van der Waals surface area contributed by atoms with Crippen molar-refractivity contribution in [3.05, 3.63) is 60.9 Å². The molecule has 0 heterocycles. The second-order valence-electron chi connectivity index (χ2n) is 3.99. The third kappa shape index (κ3) is 3.84. The van der Waals surface area contributed by atoms with Crippen LogP contribution in [0.3, 0.4) is 0 Å². The first kappa shape index (κ1) is 15.5. The lowest BCUT2D eigenvalue weighted by molar-refractivity contribution is 0.0697. The molecule has 0 unspecified atom stereocenters. The lowest BCUT2D eigenvalue weighted by Crippen LogP contribution is -1.99. The van der Waals surface area contributed by atoms with Crippen molar-refractivity contribution < 1.29 is 14.6 Å². The van der Waals surface area contributed by atoms with Crippen LogP contribution >= 0.6 is 47.8 Å². The number of carbonyl (C=O) groups is 1. The van der Waals surface area contributed by atoms with Crippen LogP contribution in [-0.2, 0) is 6.61 Å². The Bertz CT molecular complexity index is 616. The van der Waals surface area contributed by atoms with E-state index in [4.69, 9.17) is 9.84 Å². The Hall–Kier alpha value is -0.850. The number of aromatic carboxylic acids is 1. The van der Waals surface area contributed by atoms with Crippen molar-refractivity contribution in [3.63, 3.8) is 0 Å². The Morgan fingerprint density at radius 3 is 2.10 bits per heavy atom. The molecule has 2 aromatic carbocycles. The fourth-order valence-electron chi connectivity index (χ4n) is 1.57. The zero-order chi connectivity index (χ0) is 14.7. The number of hydrogen-bond donors (Lipinski definition) is 1. The fraction of sp³-hybridized carbons (Fsp3) is 0.0714. The van der Waals surface area contributed by atoms with Crippen LogP contribution < -0.4 is 4.74 Å². The predicted octanol–water partition coefficient (Wildman–Crippen LogP) is 5.25. The minimum Gasteiger partial charge on any atom is -0.487 e. The van der Waals surface area contributed by atoms with Crippen molar-refractivity contribution in [2.24, 2.45) is 0 Å². The van der Waals surface area contributed by atoms with Crippen LogP contribution in [0.2, 0.25) is 0 Å². The number of ether oxygens (including phenoxy) is 1. The van der Waals surface area contributed by atoms with Gasteiger partial charge in [-0.15, -0.1) is 0 Å². The summed E-state index contributed by atoms with van der Waals surface area (Å²) in [6, 6.07) is 10.4. The number of benzene rings is 2. The first-order chi connectivity index (χ1) is 9.47. The summed E-state index contributed by atoms with van der Waals surface area (Å²) in [6.07, 6.45) is 0. The molecule has 0 fully saturated rings. The highest BCUT2D eigenvalue weighted by Gasteiger charge is 2.09. The van der Waals surface area contributed by atoms with Gasteiger partial charge in [0.25, 0.3) is 0 Å². The average molecular weight is 465 g/mol. The Morgan fingerprint density at radius 1 is 1.05 bits per heavy atom. The molecule has 0 bridgehead atoms. The molecular weight excluding hydrogens is 456 g/mol. The fourth-order valence-corrected chi connectivity index (χ4v) is 4.05. The van der Waals surface area contributed by atoms with Crippen molar-refractivity contribution in [2.75, 3.05) is 0 Å². The topological polar surface area (TPSA) is 46.5 Å². The molecule has 0 aliphatic heterocycles. The summed E-state index contributed by atoms with van der Waals surface area (Å²) in [5, 5.41) is 8.83. The molecule has 0 amide bonds. The molecule has 0 spiro atoms. The largest absolute Gasteiger partial charge is 0.487 e. The smallest absolute Gasteiger partial charge is 0.335 e. The standard InChI is InChI=1S/C14H9Br3O3/c15-10-5-11(16)13(12(17)6-10)20-7-8-1-3-9(4-2-8)14(18)19/h1-6H,7H2,(H,18,19). The summed E-state index contributed by atoms with van der Waals surface area (Å²) in [5.74, 6) is -0.230. The van der Waals surface area contributed by atoms with Crippen molar-refractivity contribution in [2.45, 2.75) is 6.61 Å². The van der Waals surface area contributed by atoms with Gasteiger partial charge in [0.05, 0.1) is 14.5 Å². The zero-order valence-electron chi connectivity index (χ0n) is 10.1. The van der Waals surface area contributed by atoms with E-state index in [2.05, 4.69) is 47.8 Å². The van der Waals surface area contributed by atoms with Gasteiger partial charge in [0, 0.05) is 4.47 Å². The molecule has 104 valence electrons. The molecular formula is C14H9Br3O3. The minimum atomic E-state index is -0.934. The lowest BCUT2D eigenvalue weighted by atomic mass is 10.1. The molecule has 6 heteroatoms. The van der Waals surface area contributed by atoms with Crippen LogP contribution in [0.15, 0.2) is 49.8 Å². The van der Waals surface area contributed by atoms with E-state index in [9.17, 15) is 4.79 Å². The molecule has 0 aliphatic rings. The molecule has 0 aliphatic carbocycles. The molecule has 0 saturated carbocycles. The van der Waals surface area contributed by atoms with Crippen molar-refractivity contribution >= 4 is 53.8 Å². The summed E-state index contributed by atoms with van der Waals surface area (Å²) in [5.41, 5.74) is 1.16. The molecule has 20 heavy (non-hydrogen) atoms. The van der Waals surface area contributed by atoms with Gasteiger partial charge in [-0.1, -0.05) is 28.1 Å². The molecule has 0 saturated heterocycles. The second-order valence-corrected chi connectivity index (χ2v) is 6.61. The summed E-state index contributed by atoms with van der Waals surface area (Å²) in [7, 11) is 0.